The summed E-state index contributed by atoms with van der Waals surface area (Å²) in [5, 5.41) is 6.92. The number of rotatable bonds is 8. The van der Waals surface area contributed by atoms with Crippen LogP contribution < -0.4 is 14.8 Å². The van der Waals surface area contributed by atoms with Gasteiger partial charge in [0.2, 0.25) is 15.9 Å². The number of amides is 1. The molecule has 10 heteroatoms. The van der Waals surface area contributed by atoms with Crippen LogP contribution in [0.5, 0.6) is 5.75 Å². The normalized spacial score (nSPS) is 15.7. The Bertz CT molecular complexity index is 1050. The third-order valence-electron chi connectivity index (χ3n) is 4.78. The van der Waals surface area contributed by atoms with E-state index in [1.54, 1.807) is 20.8 Å². The quantitative estimate of drug-likeness (QED) is 0.633. The predicted molar refractivity (Wildman–Crippen MR) is 114 cm³/mol. The van der Waals surface area contributed by atoms with Gasteiger partial charge in [-0.15, -0.1) is 0 Å². The molecule has 0 spiro atoms. The Labute approximate surface area is 183 Å². The van der Waals surface area contributed by atoms with Crippen molar-refractivity contribution in [3.05, 3.63) is 35.5 Å². The van der Waals surface area contributed by atoms with Gasteiger partial charge in [-0.2, -0.15) is 4.98 Å². The summed E-state index contributed by atoms with van der Waals surface area (Å²) >= 11 is 0. The SMILES string of the molecule is COc1ccc(C(=O)NC(c2nc(C3CC3)no2)C(C)C)cc1S(=O)(=O)NC(C)(C)C. The average molecular weight is 451 g/mol. The Balaban J connectivity index is 1.87. The van der Waals surface area contributed by atoms with Gasteiger partial charge in [0.25, 0.3) is 5.91 Å². The zero-order valence-electron chi connectivity index (χ0n) is 18.7. The number of ether oxygens (including phenoxy) is 1. The minimum Gasteiger partial charge on any atom is -0.495 e. The number of hydrogen-bond acceptors (Lipinski definition) is 7. The molecule has 2 N–H and O–H groups in total. The zero-order valence-corrected chi connectivity index (χ0v) is 19.5. The molecule has 1 heterocycles. The van der Waals surface area contributed by atoms with Crippen molar-refractivity contribution in [1.29, 1.82) is 0 Å². The van der Waals surface area contributed by atoms with Crippen LogP contribution in [0.3, 0.4) is 0 Å². The zero-order chi connectivity index (χ0) is 23.0. The molecule has 1 unspecified atom stereocenters. The van der Waals surface area contributed by atoms with Gasteiger partial charge in [0, 0.05) is 17.0 Å². The van der Waals surface area contributed by atoms with Gasteiger partial charge in [0.15, 0.2) is 5.82 Å². The summed E-state index contributed by atoms with van der Waals surface area (Å²) in [6.07, 6.45) is 2.09. The molecule has 9 nitrogen and oxygen atoms in total. The van der Waals surface area contributed by atoms with Gasteiger partial charge in [-0.05, 0) is 57.7 Å². The van der Waals surface area contributed by atoms with E-state index >= 15 is 0 Å². The van der Waals surface area contributed by atoms with E-state index in [-0.39, 0.29) is 22.1 Å². The number of carbonyl (C=O) groups is 1. The van der Waals surface area contributed by atoms with Crippen LogP contribution in [-0.4, -0.2) is 37.1 Å². The average Bonchev–Trinajstić information content (AvgIpc) is 3.40. The molecule has 3 rings (SSSR count). The van der Waals surface area contributed by atoms with Crippen molar-refractivity contribution in [2.75, 3.05) is 7.11 Å². The summed E-state index contributed by atoms with van der Waals surface area (Å²) in [6, 6.07) is 3.80. The lowest BCUT2D eigenvalue weighted by Crippen LogP contribution is -2.40. The maximum Gasteiger partial charge on any atom is 0.251 e. The molecular formula is C21H30N4O5S. The van der Waals surface area contributed by atoms with Gasteiger partial charge in [0.1, 0.15) is 16.7 Å². The molecule has 1 atom stereocenters. The summed E-state index contributed by atoms with van der Waals surface area (Å²) in [5.74, 6) is 1.05. The summed E-state index contributed by atoms with van der Waals surface area (Å²) in [7, 11) is -2.53. The first kappa shape index (κ1) is 23.2. The monoisotopic (exact) mass is 450 g/mol. The van der Waals surface area contributed by atoms with Crippen LogP contribution in [0.4, 0.5) is 0 Å². The Morgan fingerprint density at radius 2 is 1.94 bits per heavy atom. The molecule has 2 aromatic rings. The number of benzene rings is 1. The molecule has 0 bridgehead atoms. The van der Waals surface area contributed by atoms with E-state index in [1.165, 1.54) is 25.3 Å². The summed E-state index contributed by atoms with van der Waals surface area (Å²) in [5.41, 5.74) is -0.509. The second-order valence-corrected chi connectivity index (χ2v) is 10.8. The van der Waals surface area contributed by atoms with Gasteiger partial charge in [-0.25, -0.2) is 13.1 Å². The van der Waals surface area contributed by atoms with Crippen LogP contribution in [0.25, 0.3) is 0 Å². The second-order valence-electron chi connectivity index (χ2n) is 9.18. The minimum absolute atomic E-state index is 0.0135. The Hall–Kier alpha value is -2.46. The molecular weight excluding hydrogens is 420 g/mol. The molecule has 170 valence electrons. The Morgan fingerprint density at radius 1 is 1.26 bits per heavy atom. The summed E-state index contributed by atoms with van der Waals surface area (Å²) in [6.45, 7) is 9.08. The van der Waals surface area contributed by atoms with E-state index in [0.717, 1.165) is 12.8 Å². The van der Waals surface area contributed by atoms with E-state index in [1.807, 2.05) is 13.8 Å². The molecule has 1 aliphatic rings. The number of carbonyl (C=O) groups excluding carboxylic acids is 1. The molecule has 1 aromatic heterocycles. The highest BCUT2D eigenvalue weighted by Crippen LogP contribution is 2.38. The van der Waals surface area contributed by atoms with Crippen LogP contribution in [0, 0.1) is 5.92 Å². The van der Waals surface area contributed by atoms with Crippen molar-refractivity contribution in [3.8, 4) is 5.75 Å². The number of nitrogens with one attached hydrogen (secondary N) is 2. The van der Waals surface area contributed by atoms with Gasteiger partial charge in [0.05, 0.1) is 7.11 Å². The smallest absolute Gasteiger partial charge is 0.251 e. The van der Waals surface area contributed by atoms with E-state index < -0.39 is 27.5 Å². The number of nitrogens with zero attached hydrogens (tertiary/aromatic N) is 2. The molecule has 1 amide bonds. The standard InChI is InChI=1S/C21H30N4O5S/c1-12(2)17(20-23-18(24-30-20)13-7-8-13)22-19(26)14-9-10-15(29-6)16(11-14)31(27,28)25-21(3,4)5/h9-13,17,25H,7-8H2,1-6H3,(H,22,26). The molecule has 31 heavy (non-hydrogen) atoms. The number of sulfonamides is 1. The van der Waals surface area contributed by atoms with E-state index in [2.05, 4.69) is 20.2 Å². The maximum absolute atomic E-state index is 13.0. The predicted octanol–water partition coefficient (Wildman–Crippen LogP) is 3.16. The van der Waals surface area contributed by atoms with Crippen molar-refractivity contribution < 1.29 is 22.5 Å². The minimum atomic E-state index is -3.91. The highest BCUT2D eigenvalue weighted by molar-refractivity contribution is 7.89. The second kappa shape index (κ2) is 8.58. The van der Waals surface area contributed by atoms with Gasteiger partial charge in [-0.3, -0.25) is 4.79 Å². The fourth-order valence-corrected chi connectivity index (χ4v) is 4.72. The van der Waals surface area contributed by atoms with Crippen LogP contribution >= 0.6 is 0 Å². The van der Waals surface area contributed by atoms with Crippen molar-refractivity contribution in [2.45, 2.75) is 69.9 Å². The molecule has 0 radical (unpaired) electrons. The van der Waals surface area contributed by atoms with Crippen molar-refractivity contribution in [1.82, 2.24) is 20.2 Å². The molecule has 1 saturated carbocycles. The maximum atomic E-state index is 13.0. The van der Waals surface area contributed by atoms with Crippen LogP contribution in [0.2, 0.25) is 0 Å². The van der Waals surface area contributed by atoms with Crippen LogP contribution in [-0.2, 0) is 10.0 Å². The summed E-state index contributed by atoms with van der Waals surface area (Å²) < 4.78 is 38.9. The van der Waals surface area contributed by atoms with E-state index in [9.17, 15) is 13.2 Å². The van der Waals surface area contributed by atoms with Crippen LogP contribution in [0.1, 0.15) is 81.5 Å². The van der Waals surface area contributed by atoms with Crippen LogP contribution in [0.15, 0.2) is 27.6 Å². The lowest BCUT2D eigenvalue weighted by molar-refractivity contribution is 0.0913. The number of methoxy groups -OCH3 is 1. The lowest BCUT2D eigenvalue weighted by atomic mass is 10.0. The molecule has 0 saturated heterocycles. The van der Waals surface area contributed by atoms with E-state index in [0.29, 0.717) is 17.6 Å². The first-order valence-electron chi connectivity index (χ1n) is 10.3. The Kier molecular flexibility index (Phi) is 6.43. The number of aromatic nitrogens is 2. The van der Waals surface area contributed by atoms with Gasteiger partial charge in [-0.1, -0.05) is 19.0 Å². The number of hydrogen-bond donors (Lipinski definition) is 2. The fourth-order valence-electron chi connectivity index (χ4n) is 3.11. The molecule has 1 aromatic carbocycles. The van der Waals surface area contributed by atoms with Gasteiger partial charge >= 0.3 is 0 Å². The van der Waals surface area contributed by atoms with Gasteiger partial charge < -0.3 is 14.6 Å². The van der Waals surface area contributed by atoms with E-state index in [4.69, 9.17) is 9.26 Å². The molecule has 1 aliphatic carbocycles. The molecule has 0 aliphatic heterocycles. The topological polar surface area (TPSA) is 123 Å². The third-order valence-corrected chi connectivity index (χ3v) is 6.55. The lowest BCUT2D eigenvalue weighted by Gasteiger charge is -2.22. The first-order chi connectivity index (χ1) is 14.4. The van der Waals surface area contributed by atoms with Crippen molar-refractivity contribution in [3.63, 3.8) is 0 Å². The van der Waals surface area contributed by atoms with Crippen molar-refractivity contribution in [2.24, 2.45) is 5.92 Å². The largest absolute Gasteiger partial charge is 0.495 e. The molecule has 1 fully saturated rings. The fraction of sp³-hybridized carbons (Fsp3) is 0.571. The summed E-state index contributed by atoms with van der Waals surface area (Å²) in [4.78, 5) is 17.3. The Morgan fingerprint density at radius 3 is 2.48 bits per heavy atom. The first-order valence-corrected chi connectivity index (χ1v) is 11.8. The van der Waals surface area contributed by atoms with Crippen molar-refractivity contribution >= 4 is 15.9 Å². The third kappa shape index (κ3) is 5.62. The highest BCUT2D eigenvalue weighted by Gasteiger charge is 2.32. The highest BCUT2D eigenvalue weighted by atomic mass is 32.2.